The first-order valence-electron chi connectivity index (χ1n) is 7.01. The summed E-state index contributed by atoms with van der Waals surface area (Å²) < 4.78 is 27.6. The third-order valence-corrected chi connectivity index (χ3v) is 6.28. The molecule has 1 aliphatic rings. The zero-order chi connectivity index (χ0) is 16.0. The van der Waals surface area contributed by atoms with Crippen LogP contribution < -0.4 is 0 Å². The molecular formula is C15H22N2O3S. The van der Waals surface area contributed by atoms with Crippen LogP contribution in [0.25, 0.3) is 0 Å². The van der Waals surface area contributed by atoms with Gasteiger partial charge in [-0.15, -0.1) is 4.31 Å². The highest BCUT2D eigenvalue weighted by molar-refractivity contribution is 7.89. The highest BCUT2D eigenvalue weighted by Gasteiger charge is 2.50. The average molecular weight is 310 g/mol. The molecule has 0 bridgehead atoms. The lowest BCUT2D eigenvalue weighted by atomic mass is 9.90. The lowest BCUT2D eigenvalue weighted by Crippen LogP contribution is -2.44. The van der Waals surface area contributed by atoms with Crippen molar-refractivity contribution >= 4 is 15.9 Å². The van der Waals surface area contributed by atoms with Crippen molar-refractivity contribution in [2.75, 3.05) is 6.54 Å². The van der Waals surface area contributed by atoms with E-state index in [4.69, 9.17) is 0 Å². The summed E-state index contributed by atoms with van der Waals surface area (Å²) in [6.07, 6.45) is 0. The summed E-state index contributed by atoms with van der Waals surface area (Å²) in [5, 5.41) is 12.4. The van der Waals surface area contributed by atoms with Gasteiger partial charge in [-0.3, -0.25) is 4.74 Å². The van der Waals surface area contributed by atoms with Crippen molar-refractivity contribution in [3.8, 4) is 0 Å². The molecule has 6 heteroatoms. The molecule has 0 N–H and O–H groups in total. The summed E-state index contributed by atoms with van der Waals surface area (Å²) in [5.74, 6) is 0.273. The minimum absolute atomic E-state index is 0.0446. The van der Waals surface area contributed by atoms with E-state index in [9.17, 15) is 13.6 Å². The fourth-order valence-electron chi connectivity index (χ4n) is 2.45. The van der Waals surface area contributed by atoms with Crippen LogP contribution in [-0.2, 0) is 10.0 Å². The molecule has 0 radical (unpaired) electrons. The minimum atomic E-state index is -3.69. The molecule has 1 unspecified atom stereocenters. The van der Waals surface area contributed by atoms with Crippen molar-refractivity contribution in [1.29, 1.82) is 0 Å². The Kier molecular flexibility index (Phi) is 3.78. The Morgan fingerprint density at radius 3 is 2.19 bits per heavy atom. The van der Waals surface area contributed by atoms with Crippen molar-refractivity contribution in [1.82, 2.24) is 4.31 Å². The number of nitrogens with zero attached hydrogens (tertiary/aromatic N) is 2. The fourth-order valence-corrected chi connectivity index (χ4v) is 4.04. The first-order chi connectivity index (χ1) is 9.60. The van der Waals surface area contributed by atoms with Crippen molar-refractivity contribution < 1.29 is 13.2 Å². The van der Waals surface area contributed by atoms with Crippen molar-refractivity contribution in [3.63, 3.8) is 0 Å². The van der Waals surface area contributed by atoms with E-state index >= 15 is 0 Å². The quantitative estimate of drug-likeness (QED) is 0.636. The van der Waals surface area contributed by atoms with Gasteiger partial charge in [-0.2, -0.15) is 8.42 Å². The highest BCUT2D eigenvalue weighted by Crippen LogP contribution is 2.31. The molecule has 0 spiro atoms. The number of benzene rings is 1. The number of hydrogen-bond donors (Lipinski definition) is 0. The largest absolute Gasteiger partial charge is 0.715 e. The van der Waals surface area contributed by atoms with Crippen LogP contribution in [0.5, 0.6) is 0 Å². The maximum absolute atomic E-state index is 12.8. The van der Waals surface area contributed by atoms with E-state index in [2.05, 4.69) is 0 Å². The molecule has 0 fully saturated rings. The normalized spacial score (nSPS) is 23.2. The van der Waals surface area contributed by atoms with Crippen LogP contribution in [0, 0.1) is 18.0 Å². The SMILES string of the molecule is CC1=[N+]([O-])C(C)(C(C)C)CN1S(=O)(=O)c1ccc(C)cc1. The third kappa shape index (κ3) is 2.41. The van der Waals surface area contributed by atoms with Gasteiger partial charge in [0.1, 0.15) is 17.0 Å². The zero-order valence-corrected chi connectivity index (χ0v) is 13.9. The predicted molar refractivity (Wildman–Crippen MR) is 82.6 cm³/mol. The molecule has 1 aliphatic heterocycles. The van der Waals surface area contributed by atoms with E-state index in [1.165, 1.54) is 4.31 Å². The van der Waals surface area contributed by atoms with Crippen LogP contribution in [0.3, 0.4) is 0 Å². The molecule has 0 saturated carbocycles. The Balaban J connectivity index is 2.46. The molecule has 0 amide bonds. The van der Waals surface area contributed by atoms with Gasteiger partial charge in [-0.25, -0.2) is 0 Å². The Labute approximate surface area is 126 Å². The smallest absolute Gasteiger partial charge is 0.331 e. The van der Waals surface area contributed by atoms with Gasteiger partial charge in [0.2, 0.25) is 0 Å². The van der Waals surface area contributed by atoms with Crippen molar-refractivity contribution in [2.24, 2.45) is 5.92 Å². The Bertz CT molecular complexity index is 677. The van der Waals surface area contributed by atoms with Gasteiger partial charge in [-0.1, -0.05) is 31.5 Å². The summed E-state index contributed by atoms with van der Waals surface area (Å²) in [4.78, 5) is 0.217. The molecule has 0 aliphatic carbocycles. The molecule has 1 heterocycles. The summed E-state index contributed by atoms with van der Waals surface area (Å²) in [6.45, 7) is 9.31. The maximum atomic E-state index is 12.8. The molecule has 1 atom stereocenters. The van der Waals surface area contributed by atoms with Crippen LogP contribution in [0.1, 0.15) is 33.3 Å². The van der Waals surface area contributed by atoms with Crippen molar-refractivity contribution in [3.05, 3.63) is 35.0 Å². The van der Waals surface area contributed by atoms with E-state index < -0.39 is 15.6 Å². The second-order valence-corrected chi connectivity index (χ2v) is 8.04. The third-order valence-electron chi connectivity index (χ3n) is 4.44. The number of hydroxylamine groups is 1. The second-order valence-electron chi connectivity index (χ2n) is 6.18. The van der Waals surface area contributed by atoms with E-state index in [0.717, 1.165) is 10.3 Å². The van der Waals surface area contributed by atoms with Crippen LogP contribution in [0.4, 0.5) is 0 Å². The number of rotatable bonds is 3. The molecule has 0 aromatic heterocycles. The van der Waals surface area contributed by atoms with Gasteiger partial charge in [0.25, 0.3) is 5.84 Å². The molecule has 5 nitrogen and oxygen atoms in total. The standard InChI is InChI=1S/C15H22N2O3S/c1-11(2)15(5)10-16(13(4)17(15)18)21(19,20)14-8-6-12(3)7-9-14/h6-9,11H,10H2,1-5H3. The molecule has 21 heavy (non-hydrogen) atoms. The van der Waals surface area contributed by atoms with Gasteiger partial charge >= 0.3 is 10.0 Å². The number of hydrogen-bond acceptors (Lipinski definition) is 3. The van der Waals surface area contributed by atoms with Gasteiger partial charge in [0, 0.05) is 12.8 Å². The maximum Gasteiger partial charge on any atom is 0.331 e. The first-order valence-corrected chi connectivity index (χ1v) is 8.45. The molecule has 116 valence electrons. The van der Waals surface area contributed by atoms with Crippen molar-refractivity contribution in [2.45, 2.75) is 45.1 Å². The molecule has 2 rings (SSSR count). The fraction of sp³-hybridized carbons (Fsp3) is 0.533. The van der Waals surface area contributed by atoms with Crippen LogP contribution in [-0.4, -0.2) is 35.4 Å². The number of aryl methyl sites for hydroxylation is 1. The topological polar surface area (TPSA) is 63.5 Å². The monoisotopic (exact) mass is 310 g/mol. The second kappa shape index (κ2) is 5.02. The number of amidine groups is 1. The molecule has 1 aromatic carbocycles. The van der Waals surface area contributed by atoms with E-state index in [1.807, 2.05) is 20.8 Å². The average Bonchev–Trinajstić information content (AvgIpc) is 2.65. The highest BCUT2D eigenvalue weighted by atomic mass is 32.2. The lowest BCUT2D eigenvalue weighted by Gasteiger charge is -2.30. The van der Waals surface area contributed by atoms with Gasteiger partial charge in [0.15, 0.2) is 0 Å². The molecular weight excluding hydrogens is 288 g/mol. The molecule has 1 aromatic rings. The zero-order valence-electron chi connectivity index (χ0n) is 13.1. The van der Waals surface area contributed by atoms with E-state index in [0.29, 0.717) is 0 Å². The summed E-state index contributed by atoms with van der Waals surface area (Å²) in [6, 6.07) is 6.68. The predicted octanol–water partition coefficient (Wildman–Crippen LogP) is 2.34. The lowest BCUT2D eigenvalue weighted by molar-refractivity contribution is -0.542. The molecule has 0 saturated heterocycles. The Hall–Kier alpha value is -1.56. The van der Waals surface area contributed by atoms with Gasteiger partial charge < -0.3 is 5.21 Å². The summed E-state index contributed by atoms with van der Waals surface area (Å²) in [7, 11) is -3.69. The number of sulfonamides is 1. The summed E-state index contributed by atoms with van der Waals surface area (Å²) in [5.41, 5.74) is 0.260. The van der Waals surface area contributed by atoms with E-state index in [1.54, 1.807) is 38.1 Å². The summed E-state index contributed by atoms with van der Waals surface area (Å²) >= 11 is 0. The van der Waals surface area contributed by atoms with Crippen LogP contribution >= 0.6 is 0 Å². The van der Waals surface area contributed by atoms with E-state index in [-0.39, 0.29) is 23.2 Å². The first kappa shape index (κ1) is 15.8. The van der Waals surface area contributed by atoms with Crippen LogP contribution in [0.15, 0.2) is 29.2 Å². The van der Waals surface area contributed by atoms with Gasteiger partial charge in [0.05, 0.1) is 0 Å². The Morgan fingerprint density at radius 2 is 1.76 bits per heavy atom. The van der Waals surface area contributed by atoms with Crippen LogP contribution in [0.2, 0.25) is 0 Å². The minimum Gasteiger partial charge on any atom is -0.715 e. The Morgan fingerprint density at radius 1 is 1.24 bits per heavy atom. The van der Waals surface area contributed by atoms with Gasteiger partial charge in [-0.05, 0) is 26.0 Å².